The van der Waals surface area contributed by atoms with Crippen LogP contribution in [0.25, 0.3) is 0 Å². The Morgan fingerprint density at radius 2 is 1.82 bits per heavy atom. The van der Waals surface area contributed by atoms with Crippen LogP contribution in [0.1, 0.15) is 48.4 Å². The lowest BCUT2D eigenvalue weighted by molar-refractivity contribution is -0.141. The first-order valence-electron chi connectivity index (χ1n) is 9.96. The fourth-order valence-corrected chi connectivity index (χ4v) is 4.10. The molecule has 0 spiro atoms. The summed E-state index contributed by atoms with van der Waals surface area (Å²) in [7, 11) is 0. The van der Waals surface area contributed by atoms with Gasteiger partial charge in [0.15, 0.2) is 0 Å². The average Bonchev–Trinajstić information content (AvgIpc) is 3.43. The van der Waals surface area contributed by atoms with Crippen molar-refractivity contribution in [2.45, 2.75) is 50.4 Å². The third-order valence-corrected chi connectivity index (χ3v) is 6.12. The van der Waals surface area contributed by atoms with Crippen LogP contribution in [0.5, 0.6) is 0 Å². The zero-order valence-corrected chi connectivity index (χ0v) is 15.8. The molecule has 28 heavy (non-hydrogen) atoms. The van der Waals surface area contributed by atoms with Crippen LogP contribution in [0, 0.1) is 5.41 Å². The summed E-state index contributed by atoms with van der Waals surface area (Å²) >= 11 is 0. The van der Waals surface area contributed by atoms with Crippen LogP contribution in [0.4, 0.5) is 13.2 Å². The molecule has 2 N–H and O–H groups in total. The lowest BCUT2D eigenvalue weighted by atomic mass is 9.68. The summed E-state index contributed by atoms with van der Waals surface area (Å²) in [5, 5.41) is 7.17. The Balaban J connectivity index is 1.22. The van der Waals surface area contributed by atoms with Crippen molar-refractivity contribution in [1.29, 1.82) is 0 Å². The molecule has 1 aromatic carbocycles. The third kappa shape index (κ3) is 4.55. The Labute approximate surface area is 163 Å². The number of alkyl halides is 3. The lowest BCUT2D eigenvalue weighted by Gasteiger charge is -2.42. The molecule has 1 aromatic heterocycles. The van der Waals surface area contributed by atoms with E-state index in [0.29, 0.717) is 18.5 Å². The van der Waals surface area contributed by atoms with E-state index in [1.54, 1.807) is 0 Å². The number of halogens is 3. The number of nitrogens with zero attached hydrogens (tertiary/aromatic N) is 1. The topological polar surface area (TPSA) is 37.0 Å². The fourth-order valence-electron chi connectivity index (χ4n) is 4.10. The highest BCUT2D eigenvalue weighted by Gasteiger charge is 2.42. The molecule has 2 aromatic rings. The van der Waals surface area contributed by atoms with E-state index in [-0.39, 0.29) is 5.41 Å². The first kappa shape index (κ1) is 19.4. The van der Waals surface area contributed by atoms with Crippen LogP contribution in [0.15, 0.2) is 48.7 Å². The second kappa shape index (κ2) is 7.84. The van der Waals surface area contributed by atoms with Gasteiger partial charge in [-0.05, 0) is 41.9 Å². The Hall–Kier alpha value is -1.92. The molecule has 2 saturated carbocycles. The monoisotopic (exact) mass is 389 g/mol. The van der Waals surface area contributed by atoms with Gasteiger partial charge in [0.05, 0.1) is 0 Å². The van der Waals surface area contributed by atoms with Crippen molar-refractivity contribution in [1.82, 2.24) is 15.6 Å². The Morgan fingerprint density at radius 1 is 1.04 bits per heavy atom. The van der Waals surface area contributed by atoms with Crippen LogP contribution in [0.2, 0.25) is 0 Å². The quantitative estimate of drug-likeness (QED) is 0.698. The lowest BCUT2D eigenvalue weighted by Crippen LogP contribution is -2.47. The molecule has 2 aliphatic carbocycles. The van der Waals surface area contributed by atoms with Gasteiger partial charge in [-0.2, -0.15) is 13.2 Å². The molecule has 6 heteroatoms. The number of hydrogen-bond acceptors (Lipinski definition) is 3. The highest BCUT2D eigenvalue weighted by molar-refractivity contribution is 5.27. The van der Waals surface area contributed by atoms with E-state index in [4.69, 9.17) is 0 Å². The van der Waals surface area contributed by atoms with Crippen LogP contribution in [0.3, 0.4) is 0 Å². The number of hydrogen-bond donors (Lipinski definition) is 2. The maximum Gasteiger partial charge on any atom is 0.433 e. The van der Waals surface area contributed by atoms with Crippen molar-refractivity contribution in [3.05, 3.63) is 65.5 Å². The second-order valence-corrected chi connectivity index (χ2v) is 8.25. The zero-order chi connectivity index (χ0) is 19.6. The molecule has 3 nitrogen and oxygen atoms in total. The minimum atomic E-state index is -4.38. The van der Waals surface area contributed by atoms with Gasteiger partial charge in [0.2, 0.25) is 0 Å². The maximum absolute atomic E-state index is 12.6. The molecule has 0 radical (unpaired) electrons. The summed E-state index contributed by atoms with van der Waals surface area (Å²) in [5.41, 5.74) is 1.62. The molecular formula is C22H26F3N3. The van der Waals surface area contributed by atoms with Crippen molar-refractivity contribution in [3.8, 4) is 0 Å². The van der Waals surface area contributed by atoms with Crippen molar-refractivity contribution < 1.29 is 13.2 Å². The summed E-state index contributed by atoms with van der Waals surface area (Å²) in [4.78, 5) is 3.53. The van der Waals surface area contributed by atoms with E-state index in [9.17, 15) is 13.2 Å². The predicted molar refractivity (Wildman–Crippen MR) is 103 cm³/mol. The van der Waals surface area contributed by atoms with Crippen molar-refractivity contribution >= 4 is 0 Å². The van der Waals surface area contributed by atoms with Gasteiger partial charge < -0.3 is 10.6 Å². The normalized spacial score (nSPS) is 23.2. The summed E-state index contributed by atoms with van der Waals surface area (Å²) in [6.07, 6.45) is 1.77. The Bertz CT molecular complexity index is 770. The minimum absolute atomic E-state index is 0.267. The van der Waals surface area contributed by atoms with E-state index in [1.807, 2.05) is 0 Å². The Kier molecular flexibility index (Phi) is 5.43. The zero-order valence-electron chi connectivity index (χ0n) is 15.8. The summed E-state index contributed by atoms with van der Waals surface area (Å²) in [6.45, 7) is 2.42. The third-order valence-electron chi connectivity index (χ3n) is 6.12. The van der Waals surface area contributed by atoms with Gasteiger partial charge >= 0.3 is 6.18 Å². The van der Waals surface area contributed by atoms with E-state index in [1.165, 1.54) is 43.5 Å². The standard InChI is InChI=1S/C22H26F3N3/c23-22(24,25)20-8-7-16(13-27-20)12-26-14-21(9-4-10-21)15-28-19-11-18(19)17-5-2-1-3-6-17/h1-3,5-8,13,18-19,26,28H,4,9-12,14-15H2/t18-,19+/m1/s1. The fraction of sp³-hybridized carbons (Fsp3) is 0.500. The van der Waals surface area contributed by atoms with Crippen molar-refractivity contribution in [2.75, 3.05) is 13.1 Å². The number of rotatable bonds is 8. The molecule has 0 amide bonds. The Morgan fingerprint density at radius 3 is 2.43 bits per heavy atom. The molecule has 4 rings (SSSR count). The van der Waals surface area contributed by atoms with Crippen molar-refractivity contribution in [2.24, 2.45) is 5.41 Å². The number of pyridine rings is 1. The highest BCUT2D eigenvalue weighted by atomic mass is 19.4. The van der Waals surface area contributed by atoms with Crippen LogP contribution in [-0.2, 0) is 12.7 Å². The average molecular weight is 389 g/mol. The minimum Gasteiger partial charge on any atom is -0.313 e. The van der Waals surface area contributed by atoms with Crippen LogP contribution in [-0.4, -0.2) is 24.1 Å². The molecule has 2 fully saturated rings. The molecule has 1 heterocycles. The van der Waals surface area contributed by atoms with Gasteiger partial charge in [-0.25, -0.2) is 0 Å². The first-order valence-corrected chi connectivity index (χ1v) is 9.96. The second-order valence-electron chi connectivity index (χ2n) is 8.25. The van der Waals surface area contributed by atoms with E-state index in [2.05, 4.69) is 45.9 Å². The SMILES string of the molecule is FC(F)(F)c1ccc(CNCC2(CN[C@H]3C[C@@H]3c3ccccc3)CCC2)cn1. The van der Waals surface area contributed by atoms with E-state index < -0.39 is 11.9 Å². The molecule has 0 bridgehead atoms. The van der Waals surface area contributed by atoms with Crippen LogP contribution < -0.4 is 10.6 Å². The summed E-state index contributed by atoms with van der Waals surface area (Å²) in [6, 6.07) is 13.8. The maximum atomic E-state index is 12.6. The van der Waals surface area contributed by atoms with E-state index in [0.717, 1.165) is 24.7 Å². The van der Waals surface area contributed by atoms with E-state index >= 15 is 0 Å². The molecular weight excluding hydrogens is 363 g/mol. The largest absolute Gasteiger partial charge is 0.433 e. The molecule has 2 aliphatic rings. The molecule has 0 unspecified atom stereocenters. The summed E-state index contributed by atoms with van der Waals surface area (Å²) < 4.78 is 37.8. The summed E-state index contributed by atoms with van der Waals surface area (Å²) in [5.74, 6) is 0.629. The first-order chi connectivity index (χ1) is 13.5. The number of nitrogens with one attached hydrogen (secondary N) is 2. The number of aromatic nitrogens is 1. The van der Waals surface area contributed by atoms with Gasteiger partial charge in [-0.3, -0.25) is 4.98 Å². The van der Waals surface area contributed by atoms with Crippen molar-refractivity contribution in [3.63, 3.8) is 0 Å². The molecule has 150 valence electrons. The highest BCUT2D eigenvalue weighted by Crippen LogP contribution is 2.44. The number of benzene rings is 1. The predicted octanol–water partition coefficient (Wildman–Crippen LogP) is 4.51. The van der Waals surface area contributed by atoms with Gasteiger partial charge in [-0.15, -0.1) is 0 Å². The van der Waals surface area contributed by atoms with Crippen LogP contribution >= 0.6 is 0 Å². The smallest absolute Gasteiger partial charge is 0.313 e. The molecule has 2 atom stereocenters. The van der Waals surface area contributed by atoms with Gasteiger partial charge in [-0.1, -0.05) is 42.8 Å². The van der Waals surface area contributed by atoms with Gasteiger partial charge in [0, 0.05) is 37.8 Å². The van der Waals surface area contributed by atoms with Gasteiger partial charge in [0.25, 0.3) is 0 Å². The molecule has 0 saturated heterocycles. The van der Waals surface area contributed by atoms with Gasteiger partial charge in [0.1, 0.15) is 5.69 Å². The molecule has 0 aliphatic heterocycles.